The molecule has 1 N–H and O–H groups in total. The molecule has 1 amide bonds. The van der Waals surface area contributed by atoms with Gasteiger partial charge in [-0.25, -0.2) is 4.98 Å². The van der Waals surface area contributed by atoms with Crippen LogP contribution in [0, 0.1) is 0 Å². The molecule has 7 rings (SSSR count). The maximum Gasteiger partial charge on any atom is 0.292 e. The Balaban J connectivity index is 1.54. The van der Waals surface area contributed by atoms with Crippen molar-refractivity contribution in [1.82, 2.24) is 19.3 Å². The molecule has 1 aliphatic carbocycles. The number of aromatic nitrogens is 3. The third-order valence-electron chi connectivity index (χ3n) is 7.21. The summed E-state index contributed by atoms with van der Waals surface area (Å²) in [6.07, 6.45) is 6.58. The summed E-state index contributed by atoms with van der Waals surface area (Å²) in [7, 11) is 0. The van der Waals surface area contributed by atoms with E-state index in [1.807, 2.05) is 33.7 Å². The number of nitrogens with one attached hydrogen (secondary N) is 1. The van der Waals surface area contributed by atoms with Gasteiger partial charge in [0.15, 0.2) is 0 Å². The lowest BCUT2D eigenvalue weighted by molar-refractivity contribution is 0.0759. The molecular weight excluding hydrogens is 376 g/mol. The highest BCUT2D eigenvalue weighted by molar-refractivity contribution is 6.03. The van der Waals surface area contributed by atoms with Gasteiger partial charge in [0.1, 0.15) is 0 Å². The van der Waals surface area contributed by atoms with E-state index in [9.17, 15) is 9.59 Å². The molecule has 0 saturated heterocycles. The molecule has 1 unspecified atom stereocenters. The SMILES string of the molecule is O=C1c2cc3[nH]c(=O)c4ncc(C5CCCC5)n4c3cc2C2c3ccccc3CN12. The molecule has 1 atom stereocenters. The molecule has 0 bridgehead atoms. The van der Waals surface area contributed by atoms with Crippen LogP contribution in [-0.4, -0.2) is 25.2 Å². The number of imidazole rings is 1. The van der Waals surface area contributed by atoms with Crippen LogP contribution in [0.5, 0.6) is 0 Å². The second-order valence-electron chi connectivity index (χ2n) is 8.77. The standard InChI is InChI=1S/C24H20N4O2/c29-23-22-25-11-20(13-5-1-2-6-13)28(22)19-10-16-17(9-18(19)26-23)24(30)27-12-14-7-3-4-8-15(14)21(16)27/h3-4,7-11,13,21H,1-2,5-6,12H2,(H,26,29). The van der Waals surface area contributed by atoms with Gasteiger partial charge in [-0.05, 0) is 41.7 Å². The third-order valence-corrected chi connectivity index (χ3v) is 7.21. The highest BCUT2D eigenvalue weighted by atomic mass is 16.2. The number of nitrogens with zero attached hydrogens (tertiary/aromatic N) is 3. The molecule has 2 aromatic heterocycles. The smallest absolute Gasteiger partial charge is 0.292 e. The minimum absolute atomic E-state index is 0.0377. The zero-order valence-electron chi connectivity index (χ0n) is 16.4. The minimum atomic E-state index is -0.206. The first kappa shape index (κ1) is 16.4. The molecule has 0 radical (unpaired) electrons. The van der Waals surface area contributed by atoms with Gasteiger partial charge < -0.3 is 9.88 Å². The van der Waals surface area contributed by atoms with Crippen molar-refractivity contribution in [2.45, 2.75) is 44.2 Å². The van der Waals surface area contributed by atoms with E-state index in [1.54, 1.807) is 0 Å². The Labute approximate surface area is 172 Å². The molecule has 2 aliphatic heterocycles. The van der Waals surface area contributed by atoms with Crippen LogP contribution in [-0.2, 0) is 6.54 Å². The van der Waals surface area contributed by atoms with E-state index in [0.717, 1.165) is 29.6 Å². The second kappa shape index (κ2) is 5.59. The van der Waals surface area contributed by atoms with Gasteiger partial charge in [-0.3, -0.25) is 14.0 Å². The summed E-state index contributed by atoms with van der Waals surface area (Å²) in [6.45, 7) is 0.634. The summed E-state index contributed by atoms with van der Waals surface area (Å²) in [5.41, 5.74) is 7.12. The van der Waals surface area contributed by atoms with Crippen LogP contribution in [0.3, 0.4) is 0 Å². The van der Waals surface area contributed by atoms with Crippen molar-refractivity contribution in [3.8, 4) is 0 Å². The largest absolute Gasteiger partial charge is 0.323 e. The van der Waals surface area contributed by atoms with Crippen LogP contribution in [0.25, 0.3) is 16.7 Å². The Kier molecular flexibility index (Phi) is 3.06. The second-order valence-corrected chi connectivity index (χ2v) is 8.77. The number of hydrogen-bond acceptors (Lipinski definition) is 3. The molecule has 148 valence electrons. The van der Waals surface area contributed by atoms with Crippen molar-refractivity contribution in [1.29, 1.82) is 0 Å². The Morgan fingerprint density at radius 1 is 1.03 bits per heavy atom. The van der Waals surface area contributed by atoms with E-state index in [2.05, 4.69) is 28.2 Å². The topological polar surface area (TPSA) is 70.5 Å². The van der Waals surface area contributed by atoms with Gasteiger partial charge in [0.2, 0.25) is 5.65 Å². The maximum absolute atomic E-state index is 13.2. The molecule has 3 aliphatic rings. The Hall–Kier alpha value is -3.41. The monoisotopic (exact) mass is 396 g/mol. The van der Waals surface area contributed by atoms with Crippen LogP contribution in [0.4, 0.5) is 0 Å². The number of carbonyl (C=O) groups is 1. The van der Waals surface area contributed by atoms with Crippen LogP contribution in [0.2, 0.25) is 0 Å². The highest BCUT2D eigenvalue weighted by Gasteiger charge is 2.43. The molecule has 0 spiro atoms. The van der Waals surface area contributed by atoms with Crippen LogP contribution < -0.4 is 5.56 Å². The van der Waals surface area contributed by atoms with E-state index in [0.29, 0.717) is 29.2 Å². The predicted octanol–water partition coefficient (Wildman–Crippen LogP) is 3.89. The van der Waals surface area contributed by atoms with Crippen LogP contribution in [0.1, 0.15) is 70.4 Å². The number of benzene rings is 2. The summed E-state index contributed by atoms with van der Waals surface area (Å²) in [5, 5.41) is 0. The fraction of sp³-hybridized carbons (Fsp3) is 0.292. The molecule has 1 saturated carbocycles. The number of fused-ring (bicyclic) bond motifs is 8. The lowest BCUT2D eigenvalue weighted by Crippen LogP contribution is -2.21. The maximum atomic E-state index is 13.2. The van der Waals surface area contributed by atoms with E-state index in [-0.39, 0.29) is 17.5 Å². The van der Waals surface area contributed by atoms with Crippen molar-refractivity contribution in [2.24, 2.45) is 0 Å². The van der Waals surface area contributed by atoms with Gasteiger partial charge in [-0.2, -0.15) is 0 Å². The number of carbonyl (C=O) groups excluding carboxylic acids is 1. The lowest BCUT2D eigenvalue weighted by Gasteiger charge is -2.16. The van der Waals surface area contributed by atoms with Crippen molar-refractivity contribution < 1.29 is 4.79 Å². The first-order chi connectivity index (χ1) is 14.7. The van der Waals surface area contributed by atoms with Gasteiger partial charge in [0, 0.05) is 29.9 Å². The van der Waals surface area contributed by atoms with E-state index < -0.39 is 0 Å². The number of hydrogen-bond donors (Lipinski definition) is 1. The molecule has 6 nitrogen and oxygen atoms in total. The molecule has 30 heavy (non-hydrogen) atoms. The van der Waals surface area contributed by atoms with E-state index in [1.165, 1.54) is 24.0 Å². The summed E-state index contributed by atoms with van der Waals surface area (Å²) < 4.78 is 2.04. The zero-order chi connectivity index (χ0) is 20.0. The molecule has 4 aromatic rings. The quantitative estimate of drug-likeness (QED) is 0.531. The van der Waals surface area contributed by atoms with E-state index >= 15 is 0 Å². The van der Waals surface area contributed by atoms with Crippen molar-refractivity contribution in [3.63, 3.8) is 0 Å². The van der Waals surface area contributed by atoms with Gasteiger partial charge in [0.25, 0.3) is 11.5 Å². The Morgan fingerprint density at radius 2 is 1.87 bits per heavy atom. The van der Waals surface area contributed by atoms with Gasteiger partial charge in [0.05, 0.1) is 17.1 Å². The molecule has 1 fully saturated rings. The van der Waals surface area contributed by atoms with Crippen molar-refractivity contribution in [2.75, 3.05) is 0 Å². The molecule has 2 aromatic carbocycles. The average molecular weight is 396 g/mol. The molecule has 6 heteroatoms. The van der Waals surface area contributed by atoms with E-state index in [4.69, 9.17) is 0 Å². The summed E-state index contributed by atoms with van der Waals surface area (Å²) in [5.74, 6) is 0.472. The third kappa shape index (κ3) is 1.96. The lowest BCUT2D eigenvalue weighted by atomic mass is 9.96. The Bertz CT molecular complexity index is 1440. The molecular formula is C24H20N4O2. The number of rotatable bonds is 1. The van der Waals surface area contributed by atoms with Gasteiger partial charge >= 0.3 is 0 Å². The minimum Gasteiger partial charge on any atom is -0.323 e. The van der Waals surface area contributed by atoms with Crippen LogP contribution >= 0.6 is 0 Å². The first-order valence-electron chi connectivity index (χ1n) is 10.7. The number of H-pyrrole nitrogens is 1. The summed E-state index contributed by atoms with van der Waals surface area (Å²) >= 11 is 0. The van der Waals surface area contributed by atoms with Crippen molar-refractivity contribution in [3.05, 3.63) is 80.9 Å². The zero-order valence-corrected chi connectivity index (χ0v) is 16.4. The summed E-state index contributed by atoms with van der Waals surface area (Å²) in [6, 6.07) is 12.2. The first-order valence-corrected chi connectivity index (χ1v) is 10.7. The van der Waals surface area contributed by atoms with Crippen LogP contribution in [0.15, 0.2) is 47.4 Å². The normalized spacial score (nSPS) is 20.3. The summed E-state index contributed by atoms with van der Waals surface area (Å²) in [4.78, 5) is 35.3. The van der Waals surface area contributed by atoms with Gasteiger partial charge in [-0.15, -0.1) is 0 Å². The predicted molar refractivity (Wildman–Crippen MR) is 113 cm³/mol. The van der Waals surface area contributed by atoms with Crippen molar-refractivity contribution >= 4 is 22.6 Å². The number of amides is 1. The fourth-order valence-corrected chi connectivity index (χ4v) is 5.83. The van der Waals surface area contributed by atoms with Gasteiger partial charge in [-0.1, -0.05) is 37.1 Å². The average Bonchev–Trinajstić information content (AvgIpc) is 3.52. The Morgan fingerprint density at radius 3 is 2.73 bits per heavy atom. The fourth-order valence-electron chi connectivity index (χ4n) is 5.83. The number of aromatic amines is 1. The highest BCUT2D eigenvalue weighted by Crippen LogP contribution is 2.46. The molecule has 4 heterocycles.